The van der Waals surface area contributed by atoms with Gasteiger partial charge in [-0.3, -0.25) is 13.9 Å². The highest BCUT2D eigenvalue weighted by Crippen LogP contribution is 2.24. The third-order valence-corrected chi connectivity index (χ3v) is 6.40. The molecule has 1 aliphatic rings. The van der Waals surface area contributed by atoms with Crippen LogP contribution in [0, 0.1) is 0 Å². The molecule has 0 amide bonds. The van der Waals surface area contributed by atoms with Crippen molar-refractivity contribution in [1.29, 1.82) is 0 Å². The molecule has 30 heavy (non-hydrogen) atoms. The van der Waals surface area contributed by atoms with Crippen LogP contribution in [0.2, 0.25) is 10.0 Å². The number of hydrogen-bond donors (Lipinski definition) is 2. The summed E-state index contributed by atoms with van der Waals surface area (Å²) in [5.41, 5.74) is 0.453. The minimum atomic E-state index is -0.462. The van der Waals surface area contributed by atoms with Gasteiger partial charge in [0.05, 0.1) is 22.7 Å². The van der Waals surface area contributed by atoms with Crippen molar-refractivity contribution in [2.75, 3.05) is 5.32 Å². The molecule has 1 fully saturated rings. The van der Waals surface area contributed by atoms with Crippen molar-refractivity contribution in [3.05, 3.63) is 54.6 Å². The first-order valence-corrected chi connectivity index (χ1v) is 10.6. The number of anilines is 1. The van der Waals surface area contributed by atoms with Crippen LogP contribution in [-0.4, -0.2) is 35.9 Å². The van der Waals surface area contributed by atoms with Crippen molar-refractivity contribution in [2.45, 2.75) is 44.4 Å². The fraction of sp³-hybridized carbons (Fsp3) is 0.450. The molecule has 3 aromatic rings. The lowest BCUT2D eigenvalue weighted by atomic mass is 9.93. The smallest absolute Gasteiger partial charge is 0.332 e. The molecular formula is C20H23Cl2N5O3. The summed E-state index contributed by atoms with van der Waals surface area (Å²) < 4.78 is 4.20. The van der Waals surface area contributed by atoms with Gasteiger partial charge in [-0.15, -0.1) is 0 Å². The van der Waals surface area contributed by atoms with Crippen molar-refractivity contribution in [3.8, 4) is 0 Å². The minimum Gasteiger partial charge on any atom is -0.393 e. The highest BCUT2D eigenvalue weighted by molar-refractivity contribution is 6.42. The number of fused-ring (bicyclic) bond motifs is 1. The molecule has 2 atom stereocenters. The molecule has 2 aromatic heterocycles. The molecule has 0 radical (unpaired) electrons. The maximum absolute atomic E-state index is 13.2. The summed E-state index contributed by atoms with van der Waals surface area (Å²) in [5.74, 6) is 0.503. The summed E-state index contributed by atoms with van der Waals surface area (Å²) in [6.07, 6.45) is 2.94. The van der Waals surface area contributed by atoms with Gasteiger partial charge in [0.1, 0.15) is 0 Å². The number of benzene rings is 1. The number of halogens is 2. The quantitative estimate of drug-likeness (QED) is 0.635. The van der Waals surface area contributed by atoms with E-state index in [9.17, 15) is 14.7 Å². The second-order valence-corrected chi connectivity index (χ2v) is 8.62. The molecule has 2 heterocycles. The van der Waals surface area contributed by atoms with E-state index in [1.54, 1.807) is 36.9 Å². The Labute approximate surface area is 182 Å². The van der Waals surface area contributed by atoms with Crippen LogP contribution < -0.4 is 16.6 Å². The van der Waals surface area contributed by atoms with E-state index in [-0.39, 0.29) is 18.7 Å². The number of aryl methyl sites for hydroxylation is 2. The van der Waals surface area contributed by atoms with Gasteiger partial charge in [0.15, 0.2) is 11.2 Å². The Morgan fingerprint density at radius 1 is 1.17 bits per heavy atom. The van der Waals surface area contributed by atoms with Gasteiger partial charge in [-0.25, -0.2) is 4.79 Å². The molecule has 0 spiro atoms. The molecule has 0 aliphatic heterocycles. The van der Waals surface area contributed by atoms with Crippen LogP contribution in [0.4, 0.5) is 5.95 Å². The van der Waals surface area contributed by atoms with Crippen LogP contribution >= 0.6 is 23.2 Å². The average molecular weight is 452 g/mol. The minimum absolute atomic E-state index is 0.0692. The number of nitrogens with zero attached hydrogens (tertiary/aromatic N) is 4. The fourth-order valence-electron chi connectivity index (χ4n) is 4.01. The van der Waals surface area contributed by atoms with Crippen LogP contribution in [0.3, 0.4) is 0 Å². The molecule has 1 aromatic carbocycles. The third kappa shape index (κ3) is 3.75. The molecular weight excluding hydrogens is 429 g/mol. The summed E-state index contributed by atoms with van der Waals surface area (Å²) in [7, 11) is 3.34. The van der Waals surface area contributed by atoms with Crippen molar-refractivity contribution >= 4 is 40.3 Å². The first-order valence-electron chi connectivity index (χ1n) is 9.81. The molecule has 2 N–H and O–H groups in total. The highest BCUT2D eigenvalue weighted by Gasteiger charge is 2.24. The Hall–Kier alpha value is -2.29. The van der Waals surface area contributed by atoms with Crippen LogP contribution in [0.1, 0.15) is 31.2 Å². The van der Waals surface area contributed by atoms with Gasteiger partial charge in [-0.1, -0.05) is 29.3 Å². The Balaban J connectivity index is 1.76. The molecule has 0 saturated heterocycles. The summed E-state index contributed by atoms with van der Waals surface area (Å²) in [5, 5.41) is 14.0. The molecule has 10 heteroatoms. The average Bonchev–Trinajstić information content (AvgIpc) is 3.03. The third-order valence-electron chi connectivity index (χ3n) is 5.66. The largest absolute Gasteiger partial charge is 0.393 e. The Kier molecular flexibility index (Phi) is 5.65. The van der Waals surface area contributed by atoms with E-state index in [4.69, 9.17) is 23.2 Å². The topological polar surface area (TPSA) is 94.1 Å². The summed E-state index contributed by atoms with van der Waals surface area (Å²) in [6.45, 7) is 0.0705. The lowest BCUT2D eigenvalue weighted by molar-refractivity contribution is 0.124. The van der Waals surface area contributed by atoms with Crippen molar-refractivity contribution in [1.82, 2.24) is 18.7 Å². The zero-order valence-electron chi connectivity index (χ0n) is 16.7. The van der Waals surface area contributed by atoms with E-state index in [0.717, 1.165) is 23.8 Å². The van der Waals surface area contributed by atoms with Crippen LogP contribution in [0.25, 0.3) is 11.2 Å². The van der Waals surface area contributed by atoms with Crippen molar-refractivity contribution < 1.29 is 5.11 Å². The zero-order valence-corrected chi connectivity index (χ0v) is 18.2. The van der Waals surface area contributed by atoms with Gasteiger partial charge < -0.3 is 15.0 Å². The Bertz CT molecular complexity index is 1230. The number of aliphatic hydroxyl groups excluding tert-OH is 1. The van der Waals surface area contributed by atoms with Gasteiger partial charge in [0.25, 0.3) is 5.56 Å². The van der Waals surface area contributed by atoms with E-state index in [2.05, 4.69) is 10.3 Å². The molecule has 2 unspecified atom stereocenters. The van der Waals surface area contributed by atoms with Crippen LogP contribution in [0.5, 0.6) is 0 Å². The Morgan fingerprint density at radius 2 is 1.93 bits per heavy atom. The van der Waals surface area contributed by atoms with E-state index >= 15 is 0 Å². The first kappa shape index (κ1) is 21.0. The van der Waals surface area contributed by atoms with E-state index in [1.807, 2.05) is 0 Å². The predicted molar refractivity (Wildman–Crippen MR) is 118 cm³/mol. The SMILES string of the molecule is Cn1c(NC2CCCC(O)C2)nc2c1c(=O)n(Cc1ccc(Cl)c(Cl)c1)c(=O)n2C. The number of rotatable bonds is 4. The number of imidazole rings is 1. The van der Waals surface area contributed by atoms with E-state index in [0.29, 0.717) is 39.1 Å². The van der Waals surface area contributed by atoms with Crippen LogP contribution in [0.15, 0.2) is 27.8 Å². The predicted octanol–water partition coefficient (Wildman–Crippen LogP) is 2.50. The first-order chi connectivity index (χ1) is 14.3. The number of hydrogen-bond acceptors (Lipinski definition) is 5. The standard InChI is InChI=1S/C20H23Cl2N5O3/c1-25-16-17(24-19(25)23-12-4-3-5-13(28)9-12)26(2)20(30)27(18(16)29)10-11-6-7-14(21)15(22)8-11/h6-8,12-13,28H,3-5,9-10H2,1-2H3,(H,23,24). The summed E-state index contributed by atoms with van der Waals surface area (Å²) in [6, 6.07) is 5.08. The number of nitrogens with one attached hydrogen (secondary N) is 1. The van der Waals surface area contributed by atoms with Gasteiger partial charge in [0, 0.05) is 20.1 Å². The van der Waals surface area contributed by atoms with Gasteiger partial charge >= 0.3 is 5.69 Å². The molecule has 1 aliphatic carbocycles. The second kappa shape index (κ2) is 8.09. The molecule has 0 bridgehead atoms. The van der Waals surface area contributed by atoms with Gasteiger partial charge in [-0.05, 0) is 43.4 Å². The lowest BCUT2D eigenvalue weighted by Gasteiger charge is -2.26. The van der Waals surface area contributed by atoms with Gasteiger partial charge in [0.2, 0.25) is 5.95 Å². The molecule has 160 valence electrons. The Morgan fingerprint density at radius 3 is 2.63 bits per heavy atom. The summed E-state index contributed by atoms with van der Waals surface area (Å²) in [4.78, 5) is 30.6. The van der Waals surface area contributed by atoms with Crippen molar-refractivity contribution in [3.63, 3.8) is 0 Å². The number of aromatic nitrogens is 4. The van der Waals surface area contributed by atoms with E-state index in [1.165, 1.54) is 4.57 Å². The maximum atomic E-state index is 13.2. The molecule has 4 rings (SSSR count). The van der Waals surface area contributed by atoms with Crippen LogP contribution in [-0.2, 0) is 20.6 Å². The van der Waals surface area contributed by atoms with E-state index < -0.39 is 11.2 Å². The number of aliphatic hydroxyl groups is 1. The lowest BCUT2D eigenvalue weighted by Crippen LogP contribution is -2.39. The normalized spacial score (nSPS) is 19.4. The van der Waals surface area contributed by atoms with Crippen molar-refractivity contribution in [2.24, 2.45) is 14.1 Å². The highest BCUT2D eigenvalue weighted by atomic mass is 35.5. The fourth-order valence-corrected chi connectivity index (χ4v) is 4.33. The molecule has 8 nitrogen and oxygen atoms in total. The summed E-state index contributed by atoms with van der Waals surface area (Å²) >= 11 is 12.0. The van der Waals surface area contributed by atoms with Gasteiger partial charge in [-0.2, -0.15) is 4.98 Å². The maximum Gasteiger partial charge on any atom is 0.332 e. The molecule has 1 saturated carbocycles. The second-order valence-electron chi connectivity index (χ2n) is 7.81. The monoisotopic (exact) mass is 451 g/mol. The zero-order chi connectivity index (χ0) is 21.6.